The predicted molar refractivity (Wildman–Crippen MR) is 215 cm³/mol. The van der Waals surface area contributed by atoms with Gasteiger partial charge in [0.05, 0.1) is 0 Å². The summed E-state index contributed by atoms with van der Waals surface area (Å²) in [6.07, 6.45) is 24.6. The third kappa shape index (κ3) is 8.81. The molecule has 0 atom stereocenters. The molecule has 0 amide bonds. The first-order valence-corrected chi connectivity index (χ1v) is 18.4. The highest BCUT2D eigenvalue weighted by Gasteiger charge is 2.41. The van der Waals surface area contributed by atoms with E-state index in [0.717, 1.165) is 25.9 Å². The largest absolute Gasteiger partial charge is 0.385 e. The summed E-state index contributed by atoms with van der Waals surface area (Å²) in [5.74, 6) is 1.34. The minimum absolute atomic E-state index is 0.0162. The van der Waals surface area contributed by atoms with Gasteiger partial charge >= 0.3 is 0 Å². The van der Waals surface area contributed by atoms with Gasteiger partial charge in [-0.15, -0.1) is 0 Å². The lowest BCUT2D eigenvalue weighted by atomic mass is 9.78. The molecule has 256 valence electrons. The Balaban J connectivity index is 1.52. The first kappa shape index (κ1) is 37.0. The van der Waals surface area contributed by atoms with Gasteiger partial charge in [-0.1, -0.05) is 147 Å². The summed E-state index contributed by atoms with van der Waals surface area (Å²) in [7, 11) is 0. The summed E-state index contributed by atoms with van der Waals surface area (Å²) in [5.41, 5.74) is 9.53. The van der Waals surface area contributed by atoms with E-state index in [4.69, 9.17) is 0 Å². The summed E-state index contributed by atoms with van der Waals surface area (Å²) < 4.78 is 0. The van der Waals surface area contributed by atoms with Crippen molar-refractivity contribution >= 4 is 28.2 Å². The SMILES string of the molecule is CC/C=C\c1c(C)ccc2c1C(C)(C)\C(=C/C=C/C=C/C=C/CC(C)(C)c1c(NCCC(C)C)ccc3ccccc13)N2CCC(C)C. The predicted octanol–water partition coefficient (Wildman–Crippen LogP) is 13.1. The highest BCUT2D eigenvalue weighted by Crippen LogP contribution is 2.50. The number of hydrogen-bond acceptors (Lipinski definition) is 2. The second-order valence-corrected chi connectivity index (χ2v) is 15.6. The van der Waals surface area contributed by atoms with Crippen LogP contribution in [0.5, 0.6) is 0 Å². The van der Waals surface area contributed by atoms with Crippen molar-refractivity contribution in [3.05, 3.63) is 125 Å². The van der Waals surface area contributed by atoms with Crippen LogP contribution in [-0.2, 0) is 10.8 Å². The molecule has 0 aliphatic carbocycles. The van der Waals surface area contributed by atoms with Gasteiger partial charge in [-0.05, 0) is 101 Å². The molecule has 0 spiro atoms. The second kappa shape index (κ2) is 16.6. The van der Waals surface area contributed by atoms with Crippen LogP contribution in [-0.4, -0.2) is 13.1 Å². The van der Waals surface area contributed by atoms with Crippen LogP contribution in [0.3, 0.4) is 0 Å². The number of benzene rings is 3. The Bertz CT molecular complexity index is 1670. The van der Waals surface area contributed by atoms with Gasteiger partial charge in [0, 0.05) is 35.6 Å². The highest BCUT2D eigenvalue weighted by atomic mass is 15.2. The number of nitrogens with one attached hydrogen (secondary N) is 1. The summed E-state index contributed by atoms with van der Waals surface area (Å²) in [4.78, 5) is 2.58. The van der Waals surface area contributed by atoms with Crippen LogP contribution in [0.2, 0.25) is 0 Å². The zero-order chi connectivity index (χ0) is 34.9. The van der Waals surface area contributed by atoms with E-state index >= 15 is 0 Å². The van der Waals surface area contributed by atoms with Crippen LogP contribution < -0.4 is 10.2 Å². The van der Waals surface area contributed by atoms with Crippen molar-refractivity contribution in [3.8, 4) is 0 Å². The first-order valence-electron chi connectivity index (χ1n) is 18.4. The molecule has 2 heteroatoms. The molecule has 2 nitrogen and oxygen atoms in total. The van der Waals surface area contributed by atoms with Crippen LogP contribution >= 0.6 is 0 Å². The van der Waals surface area contributed by atoms with E-state index in [1.54, 1.807) is 0 Å². The molecule has 48 heavy (non-hydrogen) atoms. The molecule has 1 aliphatic rings. The quantitative estimate of drug-likeness (QED) is 0.166. The van der Waals surface area contributed by atoms with Crippen molar-refractivity contribution in [3.63, 3.8) is 0 Å². The van der Waals surface area contributed by atoms with Crippen molar-refractivity contribution in [1.29, 1.82) is 0 Å². The van der Waals surface area contributed by atoms with E-state index in [-0.39, 0.29) is 10.8 Å². The standard InChI is InChI=1S/C46H62N2/c1-11-12-22-38-36(6)25-28-41-44(38)46(9,10)42(48(41)33-30-35(4)5)24-17-15-13-14-16-20-31-45(7,8)43-39-23-19-18-21-37(39)26-27-40(43)47-32-29-34(2)3/h12-28,34-35,47H,11,29-33H2,1-10H3/b14-13+,17-15+,20-16+,22-12-,42-24+. The molecule has 3 aromatic carbocycles. The summed E-state index contributed by atoms with van der Waals surface area (Å²) in [6.45, 7) is 25.2. The fourth-order valence-electron chi connectivity index (χ4n) is 7.09. The Morgan fingerprint density at radius 2 is 1.54 bits per heavy atom. The Hall–Kier alpha value is -3.78. The van der Waals surface area contributed by atoms with Gasteiger partial charge in [-0.25, -0.2) is 0 Å². The van der Waals surface area contributed by atoms with E-state index in [0.29, 0.717) is 11.8 Å². The molecule has 1 aliphatic heterocycles. The van der Waals surface area contributed by atoms with Crippen LogP contribution in [0.4, 0.5) is 11.4 Å². The van der Waals surface area contributed by atoms with Gasteiger partial charge in [0.25, 0.3) is 0 Å². The van der Waals surface area contributed by atoms with Crippen molar-refractivity contribution in [2.45, 2.75) is 106 Å². The van der Waals surface area contributed by atoms with E-state index in [1.165, 1.54) is 62.9 Å². The minimum Gasteiger partial charge on any atom is -0.385 e. The van der Waals surface area contributed by atoms with Gasteiger partial charge < -0.3 is 10.2 Å². The van der Waals surface area contributed by atoms with Gasteiger partial charge in [0.1, 0.15) is 0 Å². The van der Waals surface area contributed by atoms with Crippen LogP contribution in [0, 0.1) is 18.8 Å². The summed E-state index contributed by atoms with van der Waals surface area (Å²) in [5, 5.41) is 6.42. The second-order valence-electron chi connectivity index (χ2n) is 15.6. The third-order valence-corrected chi connectivity index (χ3v) is 9.84. The highest BCUT2D eigenvalue weighted by molar-refractivity contribution is 5.91. The maximum Gasteiger partial charge on any atom is 0.0456 e. The topological polar surface area (TPSA) is 15.3 Å². The number of nitrogens with zero attached hydrogens (tertiary/aromatic N) is 1. The number of aryl methyl sites for hydroxylation is 1. The van der Waals surface area contributed by atoms with Crippen molar-refractivity contribution in [1.82, 2.24) is 0 Å². The fourth-order valence-corrected chi connectivity index (χ4v) is 7.09. The van der Waals surface area contributed by atoms with Crippen molar-refractivity contribution in [2.24, 2.45) is 11.8 Å². The van der Waals surface area contributed by atoms with E-state index < -0.39 is 0 Å². The Labute approximate surface area is 293 Å². The molecule has 0 fully saturated rings. The summed E-state index contributed by atoms with van der Waals surface area (Å²) >= 11 is 0. The van der Waals surface area contributed by atoms with Crippen LogP contribution in [0.25, 0.3) is 16.8 Å². The summed E-state index contributed by atoms with van der Waals surface area (Å²) in [6, 6.07) is 18.0. The average molecular weight is 643 g/mol. The number of hydrogen-bond donors (Lipinski definition) is 1. The lowest BCUT2D eigenvalue weighted by Crippen LogP contribution is -2.27. The zero-order valence-corrected chi connectivity index (χ0v) is 31.7. The van der Waals surface area contributed by atoms with Gasteiger partial charge in [0.15, 0.2) is 0 Å². The molecule has 0 saturated carbocycles. The monoisotopic (exact) mass is 642 g/mol. The molecular weight excluding hydrogens is 581 g/mol. The molecule has 1 N–H and O–H groups in total. The Morgan fingerprint density at radius 1 is 0.833 bits per heavy atom. The first-order chi connectivity index (χ1) is 22.9. The number of allylic oxidation sites excluding steroid dienone is 9. The number of fused-ring (bicyclic) bond motifs is 2. The lowest BCUT2D eigenvalue weighted by Gasteiger charge is -2.29. The number of rotatable bonds is 15. The normalized spacial score (nSPS) is 16.0. The fraction of sp³-hybridized carbons (Fsp3) is 0.435. The third-order valence-electron chi connectivity index (χ3n) is 9.84. The molecule has 1 heterocycles. The molecular formula is C46H62N2. The van der Waals surface area contributed by atoms with Crippen molar-refractivity contribution < 1.29 is 0 Å². The molecule has 0 unspecified atom stereocenters. The molecule has 4 rings (SSSR count). The molecule has 0 saturated heterocycles. The lowest BCUT2D eigenvalue weighted by molar-refractivity contribution is 0.539. The van der Waals surface area contributed by atoms with Crippen LogP contribution in [0.15, 0.2) is 103 Å². The Kier molecular flexibility index (Phi) is 12.8. The van der Waals surface area contributed by atoms with Gasteiger partial charge in [0.2, 0.25) is 0 Å². The van der Waals surface area contributed by atoms with E-state index in [1.807, 2.05) is 0 Å². The zero-order valence-electron chi connectivity index (χ0n) is 31.7. The Morgan fingerprint density at radius 3 is 2.27 bits per heavy atom. The smallest absolute Gasteiger partial charge is 0.0456 e. The van der Waals surface area contributed by atoms with Gasteiger partial charge in [-0.2, -0.15) is 0 Å². The molecule has 0 aromatic heterocycles. The van der Waals surface area contributed by atoms with Crippen molar-refractivity contribution in [2.75, 3.05) is 23.3 Å². The number of anilines is 2. The average Bonchev–Trinajstić information content (AvgIpc) is 3.25. The van der Waals surface area contributed by atoms with E-state index in [9.17, 15) is 0 Å². The maximum absolute atomic E-state index is 3.77. The molecule has 0 radical (unpaired) electrons. The maximum atomic E-state index is 3.77. The molecule has 0 bridgehead atoms. The minimum atomic E-state index is -0.0740. The van der Waals surface area contributed by atoms with E-state index in [2.05, 4.69) is 183 Å². The van der Waals surface area contributed by atoms with Gasteiger partial charge in [-0.3, -0.25) is 0 Å². The van der Waals surface area contributed by atoms with Crippen LogP contribution in [0.1, 0.15) is 110 Å². The molecule has 3 aromatic rings.